The van der Waals surface area contributed by atoms with Crippen LogP contribution in [0.1, 0.15) is 37.8 Å². The summed E-state index contributed by atoms with van der Waals surface area (Å²) in [5.41, 5.74) is 0.651. The average Bonchev–Trinajstić information content (AvgIpc) is 2.97. The van der Waals surface area contributed by atoms with Crippen molar-refractivity contribution in [3.63, 3.8) is 0 Å². The van der Waals surface area contributed by atoms with Gasteiger partial charge in [0.1, 0.15) is 5.82 Å². The molecule has 1 aliphatic rings. The zero-order valence-corrected chi connectivity index (χ0v) is 9.92. The third-order valence-corrected chi connectivity index (χ3v) is 2.66. The van der Waals surface area contributed by atoms with Gasteiger partial charge in [-0.3, -0.25) is 14.5 Å². The van der Waals surface area contributed by atoms with E-state index in [1.54, 1.807) is 23.2 Å². The van der Waals surface area contributed by atoms with Crippen molar-refractivity contribution in [2.75, 3.05) is 0 Å². The second-order valence-electron chi connectivity index (χ2n) is 3.50. The maximum atomic E-state index is 11.5. The smallest absolute Gasteiger partial charge is 0.270 e. The van der Waals surface area contributed by atoms with Crippen molar-refractivity contribution in [1.82, 2.24) is 24.7 Å². The third-order valence-electron chi connectivity index (χ3n) is 2.66. The Balaban J connectivity index is 0.000000514. The Labute approximate surface area is 98.7 Å². The normalized spacial score (nSPS) is 17.2. The summed E-state index contributed by atoms with van der Waals surface area (Å²) >= 11 is 0. The van der Waals surface area contributed by atoms with Crippen LogP contribution in [0.3, 0.4) is 0 Å². The fourth-order valence-electron chi connectivity index (χ4n) is 1.99. The topological polar surface area (TPSA) is 76.5 Å². The minimum atomic E-state index is -0.168. The minimum Gasteiger partial charge on any atom is -0.270 e. The van der Waals surface area contributed by atoms with Crippen LogP contribution in [0.25, 0.3) is 0 Å². The number of H-pyrrole nitrogens is 1. The van der Waals surface area contributed by atoms with Gasteiger partial charge in [0, 0.05) is 18.8 Å². The Bertz CT molecular complexity index is 530. The lowest BCUT2D eigenvalue weighted by Crippen LogP contribution is -2.21. The van der Waals surface area contributed by atoms with Gasteiger partial charge in [0.05, 0.1) is 17.9 Å². The van der Waals surface area contributed by atoms with E-state index >= 15 is 0 Å². The first-order chi connectivity index (χ1) is 8.36. The van der Waals surface area contributed by atoms with Crippen molar-refractivity contribution >= 4 is 0 Å². The summed E-state index contributed by atoms with van der Waals surface area (Å²) in [4.78, 5) is 19.7. The molecule has 6 heteroatoms. The lowest BCUT2D eigenvalue weighted by molar-refractivity contribution is 0.579. The number of fused-ring (bicyclic) bond motifs is 1. The van der Waals surface area contributed by atoms with E-state index in [-0.39, 0.29) is 11.7 Å². The summed E-state index contributed by atoms with van der Waals surface area (Å²) < 4.78 is 1.66. The largest absolute Gasteiger partial charge is 0.343 e. The van der Waals surface area contributed by atoms with Crippen LogP contribution >= 0.6 is 0 Å². The Morgan fingerprint density at radius 1 is 1.41 bits per heavy atom. The SMILES string of the molecule is CC.O=c1[nH]nc2n1[C@H](c1cnccn1)CC2. The van der Waals surface area contributed by atoms with Crippen molar-refractivity contribution < 1.29 is 0 Å². The molecule has 2 aromatic heterocycles. The Morgan fingerprint density at radius 2 is 2.24 bits per heavy atom. The van der Waals surface area contributed by atoms with E-state index in [4.69, 9.17) is 0 Å². The number of aromatic nitrogens is 5. The molecule has 1 atom stereocenters. The molecule has 2 aromatic rings. The van der Waals surface area contributed by atoms with Crippen LogP contribution in [0.2, 0.25) is 0 Å². The quantitative estimate of drug-likeness (QED) is 0.794. The second-order valence-corrected chi connectivity index (χ2v) is 3.50. The molecule has 1 N–H and O–H groups in total. The molecule has 17 heavy (non-hydrogen) atoms. The van der Waals surface area contributed by atoms with Crippen molar-refractivity contribution in [3.05, 3.63) is 40.6 Å². The Hall–Kier alpha value is -1.98. The lowest BCUT2D eigenvalue weighted by atomic mass is 10.1. The number of hydrogen-bond acceptors (Lipinski definition) is 4. The van der Waals surface area contributed by atoms with Crippen molar-refractivity contribution in [2.24, 2.45) is 0 Å². The Morgan fingerprint density at radius 3 is 2.94 bits per heavy atom. The van der Waals surface area contributed by atoms with E-state index in [1.807, 2.05) is 13.8 Å². The number of nitrogens with one attached hydrogen (secondary N) is 1. The number of aromatic amines is 1. The highest BCUT2D eigenvalue weighted by atomic mass is 16.1. The van der Waals surface area contributed by atoms with Crippen LogP contribution in [0.15, 0.2) is 23.4 Å². The standard InChI is InChI=1S/C9H9N5O.C2H6/c15-9-13-12-8-2-1-7(14(8)9)6-5-10-3-4-11-6;1-2/h3-5,7H,1-2H2,(H,13,15);1-2H3/t7-;/m0./s1. The summed E-state index contributed by atoms with van der Waals surface area (Å²) in [6.07, 6.45) is 6.63. The maximum Gasteiger partial charge on any atom is 0.343 e. The molecule has 0 amide bonds. The van der Waals surface area contributed by atoms with Crippen LogP contribution in [0, 0.1) is 0 Å². The van der Waals surface area contributed by atoms with E-state index in [9.17, 15) is 4.79 Å². The van der Waals surface area contributed by atoms with E-state index < -0.39 is 0 Å². The first kappa shape index (κ1) is 11.5. The number of rotatable bonds is 1. The molecule has 0 saturated heterocycles. The summed E-state index contributed by atoms with van der Waals surface area (Å²) in [5.74, 6) is 0.802. The van der Waals surface area contributed by atoms with Gasteiger partial charge in [-0.2, -0.15) is 5.10 Å². The summed E-state index contributed by atoms with van der Waals surface area (Å²) in [6, 6.07) is -0.0139. The molecular formula is C11H15N5O. The molecular weight excluding hydrogens is 218 g/mol. The van der Waals surface area contributed by atoms with Crippen LogP contribution in [-0.2, 0) is 6.42 Å². The van der Waals surface area contributed by atoms with E-state index in [0.29, 0.717) is 0 Å². The number of aryl methyl sites for hydroxylation is 1. The van der Waals surface area contributed by atoms with Crippen molar-refractivity contribution in [1.29, 1.82) is 0 Å². The number of hydrogen-bond donors (Lipinski definition) is 1. The van der Waals surface area contributed by atoms with Gasteiger partial charge in [-0.1, -0.05) is 13.8 Å². The van der Waals surface area contributed by atoms with Gasteiger partial charge in [0.15, 0.2) is 0 Å². The van der Waals surface area contributed by atoms with Crippen LogP contribution in [0.4, 0.5) is 0 Å². The highest BCUT2D eigenvalue weighted by Crippen LogP contribution is 2.26. The first-order valence-corrected chi connectivity index (χ1v) is 5.78. The monoisotopic (exact) mass is 233 g/mol. The van der Waals surface area contributed by atoms with Gasteiger partial charge in [-0.15, -0.1) is 0 Å². The van der Waals surface area contributed by atoms with Gasteiger partial charge in [-0.25, -0.2) is 9.89 Å². The fourth-order valence-corrected chi connectivity index (χ4v) is 1.99. The van der Waals surface area contributed by atoms with E-state index in [1.165, 1.54) is 0 Å². The summed E-state index contributed by atoms with van der Waals surface area (Å²) in [7, 11) is 0. The third kappa shape index (κ3) is 1.98. The number of nitrogens with zero attached hydrogens (tertiary/aromatic N) is 4. The highest BCUT2D eigenvalue weighted by Gasteiger charge is 2.27. The second kappa shape index (κ2) is 4.90. The lowest BCUT2D eigenvalue weighted by Gasteiger charge is -2.09. The predicted molar refractivity (Wildman–Crippen MR) is 62.7 cm³/mol. The zero-order valence-electron chi connectivity index (χ0n) is 9.92. The maximum absolute atomic E-state index is 11.5. The molecule has 3 heterocycles. The molecule has 3 rings (SSSR count). The summed E-state index contributed by atoms with van der Waals surface area (Å²) in [5, 5.41) is 6.40. The van der Waals surface area contributed by atoms with Crippen LogP contribution in [-0.4, -0.2) is 24.7 Å². The molecule has 90 valence electrons. The first-order valence-electron chi connectivity index (χ1n) is 5.78. The van der Waals surface area contributed by atoms with Gasteiger partial charge in [0.25, 0.3) is 0 Å². The molecule has 6 nitrogen and oxygen atoms in total. The zero-order chi connectivity index (χ0) is 12.3. The predicted octanol–water partition coefficient (Wildman–Crippen LogP) is 0.923. The van der Waals surface area contributed by atoms with E-state index in [2.05, 4.69) is 20.2 Å². The molecule has 0 saturated carbocycles. The van der Waals surface area contributed by atoms with Crippen LogP contribution in [0.5, 0.6) is 0 Å². The van der Waals surface area contributed by atoms with Crippen LogP contribution < -0.4 is 5.69 Å². The van der Waals surface area contributed by atoms with Gasteiger partial charge in [0.2, 0.25) is 0 Å². The minimum absolute atomic E-state index is 0.0139. The molecule has 0 spiro atoms. The van der Waals surface area contributed by atoms with Gasteiger partial charge < -0.3 is 0 Å². The van der Waals surface area contributed by atoms with Gasteiger partial charge >= 0.3 is 5.69 Å². The van der Waals surface area contributed by atoms with E-state index in [0.717, 1.165) is 24.4 Å². The van der Waals surface area contributed by atoms with Gasteiger partial charge in [-0.05, 0) is 6.42 Å². The molecule has 0 aromatic carbocycles. The average molecular weight is 233 g/mol. The fraction of sp³-hybridized carbons (Fsp3) is 0.455. The molecule has 0 fully saturated rings. The summed E-state index contributed by atoms with van der Waals surface area (Å²) in [6.45, 7) is 4.00. The van der Waals surface area contributed by atoms with Crippen molar-refractivity contribution in [2.45, 2.75) is 32.7 Å². The molecule has 0 bridgehead atoms. The molecule has 1 aliphatic heterocycles. The highest BCUT2D eigenvalue weighted by molar-refractivity contribution is 5.11. The molecule has 0 aliphatic carbocycles. The Kier molecular flexibility index (Phi) is 3.32. The molecule has 0 radical (unpaired) electrons. The molecule has 0 unspecified atom stereocenters. The van der Waals surface area contributed by atoms with Crippen molar-refractivity contribution in [3.8, 4) is 0 Å².